The summed E-state index contributed by atoms with van der Waals surface area (Å²) >= 11 is 1.59. The van der Waals surface area contributed by atoms with E-state index in [-0.39, 0.29) is 5.91 Å². The Bertz CT molecular complexity index is 745. The molecule has 5 nitrogen and oxygen atoms in total. The standard InChI is InChI=1S/C17H21N3O2S/c1-9-3-6-12-13(7-9)23-17(19-12)20-16(21)15-10(2)18-14(22-15)8-11-4-5-11/h9,11H,3-8H2,1-2H3,(H,19,20,21). The maximum Gasteiger partial charge on any atom is 0.295 e. The molecule has 0 aromatic carbocycles. The number of hydrogen-bond donors (Lipinski definition) is 1. The van der Waals surface area contributed by atoms with Gasteiger partial charge in [-0.1, -0.05) is 6.92 Å². The summed E-state index contributed by atoms with van der Waals surface area (Å²) in [5.74, 6) is 2.16. The first kappa shape index (κ1) is 14.9. The Kier molecular flexibility index (Phi) is 3.71. The monoisotopic (exact) mass is 331 g/mol. The van der Waals surface area contributed by atoms with Gasteiger partial charge in [-0.25, -0.2) is 9.97 Å². The van der Waals surface area contributed by atoms with E-state index in [0.29, 0.717) is 34.3 Å². The first-order chi connectivity index (χ1) is 11.1. The van der Waals surface area contributed by atoms with Crippen LogP contribution in [0.15, 0.2) is 4.42 Å². The van der Waals surface area contributed by atoms with Crippen LogP contribution in [0.3, 0.4) is 0 Å². The first-order valence-corrected chi connectivity index (χ1v) is 9.16. The summed E-state index contributed by atoms with van der Waals surface area (Å²) in [6, 6.07) is 0. The van der Waals surface area contributed by atoms with Crippen molar-refractivity contribution < 1.29 is 9.21 Å². The molecule has 23 heavy (non-hydrogen) atoms. The highest BCUT2D eigenvalue weighted by molar-refractivity contribution is 7.15. The van der Waals surface area contributed by atoms with Crippen molar-refractivity contribution in [3.8, 4) is 0 Å². The molecule has 4 rings (SSSR count). The van der Waals surface area contributed by atoms with Crippen LogP contribution >= 0.6 is 11.3 Å². The number of nitrogens with one attached hydrogen (secondary N) is 1. The number of rotatable bonds is 4. The molecule has 1 fully saturated rings. The predicted molar refractivity (Wildman–Crippen MR) is 88.9 cm³/mol. The molecule has 122 valence electrons. The van der Waals surface area contributed by atoms with Crippen LogP contribution in [0.25, 0.3) is 0 Å². The normalized spacial score (nSPS) is 20.3. The number of thiazole rings is 1. The van der Waals surface area contributed by atoms with Crippen LogP contribution in [-0.4, -0.2) is 15.9 Å². The van der Waals surface area contributed by atoms with Crippen LogP contribution in [0, 0.1) is 18.8 Å². The Morgan fingerprint density at radius 1 is 1.35 bits per heavy atom. The summed E-state index contributed by atoms with van der Waals surface area (Å²) in [5, 5.41) is 3.56. The number of aromatic nitrogens is 2. The quantitative estimate of drug-likeness (QED) is 0.926. The third-order valence-electron chi connectivity index (χ3n) is 4.61. The number of carbonyl (C=O) groups is 1. The van der Waals surface area contributed by atoms with Gasteiger partial charge in [-0.05, 0) is 50.9 Å². The molecule has 2 aliphatic carbocycles. The fourth-order valence-electron chi connectivity index (χ4n) is 3.07. The molecule has 1 amide bonds. The Labute approximate surface area is 139 Å². The molecule has 1 unspecified atom stereocenters. The molecule has 6 heteroatoms. The van der Waals surface area contributed by atoms with E-state index in [1.165, 1.54) is 24.1 Å². The van der Waals surface area contributed by atoms with Gasteiger partial charge in [-0.2, -0.15) is 0 Å². The second kappa shape index (κ2) is 5.74. The van der Waals surface area contributed by atoms with Gasteiger partial charge in [0, 0.05) is 11.3 Å². The smallest absolute Gasteiger partial charge is 0.295 e. The van der Waals surface area contributed by atoms with E-state index >= 15 is 0 Å². The minimum Gasteiger partial charge on any atom is -0.435 e. The third kappa shape index (κ3) is 3.17. The van der Waals surface area contributed by atoms with E-state index in [2.05, 4.69) is 22.2 Å². The summed E-state index contributed by atoms with van der Waals surface area (Å²) < 4.78 is 5.67. The van der Waals surface area contributed by atoms with Crippen molar-refractivity contribution in [2.45, 2.75) is 52.4 Å². The average Bonchev–Trinajstić information content (AvgIpc) is 3.10. The number of amides is 1. The summed E-state index contributed by atoms with van der Waals surface area (Å²) in [5.41, 5.74) is 1.81. The Morgan fingerprint density at radius 3 is 2.96 bits per heavy atom. The van der Waals surface area contributed by atoms with Crippen molar-refractivity contribution in [3.05, 3.63) is 27.9 Å². The molecular weight excluding hydrogens is 310 g/mol. The van der Waals surface area contributed by atoms with E-state index in [0.717, 1.165) is 25.0 Å². The minimum absolute atomic E-state index is 0.240. The zero-order valence-corrected chi connectivity index (χ0v) is 14.3. The molecule has 2 aromatic heterocycles. The summed E-state index contributed by atoms with van der Waals surface area (Å²) in [4.78, 5) is 22.7. The molecule has 1 atom stereocenters. The van der Waals surface area contributed by atoms with Crippen molar-refractivity contribution in [1.82, 2.24) is 9.97 Å². The fourth-order valence-corrected chi connectivity index (χ4v) is 4.23. The lowest BCUT2D eigenvalue weighted by Gasteiger charge is -2.15. The van der Waals surface area contributed by atoms with E-state index in [9.17, 15) is 4.79 Å². The Morgan fingerprint density at radius 2 is 2.17 bits per heavy atom. The highest BCUT2D eigenvalue weighted by Gasteiger charge is 2.26. The molecule has 0 radical (unpaired) electrons. The van der Waals surface area contributed by atoms with E-state index in [1.54, 1.807) is 11.3 Å². The zero-order valence-electron chi connectivity index (χ0n) is 13.5. The van der Waals surface area contributed by atoms with Gasteiger partial charge in [-0.15, -0.1) is 11.3 Å². The van der Waals surface area contributed by atoms with E-state index in [1.807, 2.05) is 6.92 Å². The number of fused-ring (bicyclic) bond motifs is 1. The third-order valence-corrected chi connectivity index (χ3v) is 5.65. The van der Waals surface area contributed by atoms with Gasteiger partial charge < -0.3 is 4.42 Å². The number of aryl methyl sites for hydroxylation is 2. The van der Waals surface area contributed by atoms with Gasteiger partial charge in [0.15, 0.2) is 11.0 Å². The molecule has 0 spiro atoms. The Hall–Kier alpha value is -1.69. The maximum absolute atomic E-state index is 12.4. The van der Waals surface area contributed by atoms with Crippen molar-refractivity contribution in [2.75, 3.05) is 5.32 Å². The van der Waals surface area contributed by atoms with Gasteiger partial charge in [-0.3, -0.25) is 10.1 Å². The van der Waals surface area contributed by atoms with Gasteiger partial charge in [0.25, 0.3) is 5.91 Å². The van der Waals surface area contributed by atoms with Gasteiger partial charge in [0.05, 0.1) is 11.4 Å². The maximum atomic E-state index is 12.4. The summed E-state index contributed by atoms with van der Waals surface area (Å²) in [7, 11) is 0. The second-order valence-electron chi connectivity index (χ2n) is 6.86. The zero-order chi connectivity index (χ0) is 16.0. The number of hydrogen-bond acceptors (Lipinski definition) is 5. The molecule has 2 aliphatic rings. The van der Waals surface area contributed by atoms with Crippen LogP contribution in [0.5, 0.6) is 0 Å². The highest BCUT2D eigenvalue weighted by Crippen LogP contribution is 2.34. The lowest BCUT2D eigenvalue weighted by atomic mass is 9.93. The van der Waals surface area contributed by atoms with Crippen LogP contribution in [-0.2, 0) is 19.3 Å². The number of oxazole rings is 1. The largest absolute Gasteiger partial charge is 0.435 e. The number of anilines is 1. The lowest BCUT2D eigenvalue weighted by Crippen LogP contribution is -2.12. The SMILES string of the molecule is Cc1nc(CC2CC2)oc1C(=O)Nc1nc2c(s1)CC(C)CC2. The second-order valence-corrected chi connectivity index (χ2v) is 7.94. The van der Waals surface area contributed by atoms with Gasteiger partial charge >= 0.3 is 0 Å². The van der Waals surface area contributed by atoms with Crippen LogP contribution in [0.4, 0.5) is 5.13 Å². The van der Waals surface area contributed by atoms with Crippen LogP contribution in [0.2, 0.25) is 0 Å². The molecule has 0 aliphatic heterocycles. The fraction of sp³-hybridized carbons (Fsp3) is 0.588. The molecule has 1 saturated carbocycles. The molecule has 1 N–H and O–H groups in total. The molecule has 0 bridgehead atoms. The number of nitrogens with zero attached hydrogens (tertiary/aromatic N) is 2. The summed E-state index contributed by atoms with van der Waals surface area (Å²) in [6.07, 6.45) is 6.58. The van der Waals surface area contributed by atoms with Crippen molar-refractivity contribution in [2.24, 2.45) is 11.8 Å². The molecule has 2 aromatic rings. The molecule has 0 saturated heterocycles. The first-order valence-electron chi connectivity index (χ1n) is 8.34. The van der Waals surface area contributed by atoms with Crippen LogP contribution in [0.1, 0.15) is 58.9 Å². The minimum atomic E-state index is -0.240. The Balaban J connectivity index is 1.48. The van der Waals surface area contributed by atoms with E-state index < -0.39 is 0 Å². The average molecular weight is 331 g/mol. The number of carbonyl (C=O) groups excluding carboxylic acids is 1. The van der Waals surface area contributed by atoms with Gasteiger partial charge in [0.2, 0.25) is 5.76 Å². The van der Waals surface area contributed by atoms with Crippen molar-refractivity contribution in [1.29, 1.82) is 0 Å². The van der Waals surface area contributed by atoms with Crippen molar-refractivity contribution in [3.63, 3.8) is 0 Å². The highest BCUT2D eigenvalue weighted by atomic mass is 32.1. The van der Waals surface area contributed by atoms with Crippen molar-refractivity contribution >= 4 is 22.4 Å². The lowest BCUT2D eigenvalue weighted by molar-refractivity contribution is 0.0994. The molecular formula is C17H21N3O2S. The van der Waals surface area contributed by atoms with Gasteiger partial charge in [0.1, 0.15) is 0 Å². The van der Waals surface area contributed by atoms with Crippen LogP contribution < -0.4 is 5.32 Å². The molecule has 2 heterocycles. The predicted octanol–water partition coefficient (Wildman–Crippen LogP) is 3.77. The topological polar surface area (TPSA) is 68.0 Å². The van der Waals surface area contributed by atoms with E-state index in [4.69, 9.17) is 4.42 Å². The summed E-state index contributed by atoms with van der Waals surface area (Å²) in [6.45, 7) is 4.09.